The molecule has 1 atom stereocenters. The number of aliphatic carboxylic acids is 1. The Bertz CT molecular complexity index is 548. The van der Waals surface area contributed by atoms with Crippen LogP contribution in [0.25, 0.3) is 0 Å². The van der Waals surface area contributed by atoms with E-state index in [4.69, 9.17) is 0 Å². The van der Waals surface area contributed by atoms with Gasteiger partial charge in [-0.1, -0.05) is 42.5 Å². The number of carbonyl (C=O) groups is 1. The third kappa shape index (κ3) is 1.94. The molecule has 92 valence electrons. The molecule has 0 bridgehead atoms. The molecule has 0 aliphatic rings. The number of aromatic hydroxyl groups is 1. The average molecular weight is 244 g/mol. The van der Waals surface area contributed by atoms with E-state index in [2.05, 4.69) is 0 Å². The van der Waals surface area contributed by atoms with Gasteiger partial charge in [-0.3, -0.25) is 0 Å². The van der Waals surface area contributed by atoms with Crippen molar-refractivity contribution in [1.82, 2.24) is 0 Å². The lowest BCUT2D eigenvalue weighted by Crippen LogP contribution is -2.36. The van der Waals surface area contributed by atoms with Crippen molar-refractivity contribution in [2.24, 2.45) is 0 Å². The van der Waals surface area contributed by atoms with Crippen molar-refractivity contribution in [3.63, 3.8) is 0 Å². The molecule has 1 unspecified atom stereocenters. The molecule has 0 spiro atoms. The van der Waals surface area contributed by atoms with Crippen LogP contribution in [0.2, 0.25) is 0 Å². The zero-order chi connectivity index (χ0) is 13.2. The van der Waals surface area contributed by atoms with Crippen LogP contribution in [0.1, 0.15) is 11.1 Å². The van der Waals surface area contributed by atoms with Gasteiger partial charge < -0.3 is 15.3 Å². The number of hydrogen-bond acceptors (Lipinski definition) is 3. The monoisotopic (exact) mass is 244 g/mol. The Balaban J connectivity index is 2.58. The lowest BCUT2D eigenvalue weighted by Gasteiger charge is -2.24. The van der Waals surface area contributed by atoms with Crippen molar-refractivity contribution in [3.8, 4) is 5.75 Å². The number of aliphatic hydroxyl groups is 1. The summed E-state index contributed by atoms with van der Waals surface area (Å²) in [6, 6.07) is 13.6. The van der Waals surface area contributed by atoms with Gasteiger partial charge in [-0.15, -0.1) is 0 Å². The summed E-state index contributed by atoms with van der Waals surface area (Å²) in [6.07, 6.45) is 0. The van der Waals surface area contributed by atoms with Gasteiger partial charge in [0.2, 0.25) is 5.60 Å². The number of benzene rings is 2. The zero-order valence-electron chi connectivity index (χ0n) is 9.45. The van der Waals surface area contributed by atoms with Gasteiger partial charge in [0.15, 0.2) is 0 Å². The number of carboxylic acid groups (broad SMARTS) is 1. The minimum absolute atomic E-state index is 0.0135. The van der Waals surface area contributed by atoms with E-state index in [1.807, 2.05) is 0 Å². The van der Waals surface area contributed by atoms with Crippen LogP contribution in [-0.4, -0.2) is 21.3 Å². The van der Waals surface area contributed by atoms with Crippen LogP contribution in [-0.2, 0) is 10.4 Å². The molecule has 0 saturated heterocycles. The second-order valence-electron chi connectivity index (χ2n) is 3.93. The molecule has 0 amide bonds. The fourth-order valence-corrected chi connectivity index (χ4v) is 1.80. The molecular formula is C14H12O4. The first kappa shape index (κ1) is 12.1. The van der Waals surface area contributed by atoms with Crippen molar-refractivity contribution in [2.75, 3.05) is 0 Å². The largest absolute Gasteiger partial charge is 0.508 e. The van der Waals surface area contributed by atoms with E-state index in [1.165, 1.54) is 24.3 Å². The molecule has 0 heterocycles. The van der Waals surface area contributed by atoms with E-state index in [1.54, 1.807) is 30.3 Å². The summed E-state index contributed by atoms with van der Waals surface area (Å²) in [7, 11) is 0. The van der Waals surface area contributed by atoms with Crippen LogP contribution in [0.4, 0.5) is 0 Å². The van der Waals surface area contributed by atoms with Crippen molar-refractivity contribution >= 4 is 5.97 Å². The lowest BCUT2D eigenvalue weighted by atomic mass is 9.86. The summed E-state index contributed by atoms with van der Waals surface area (Å²) in [4.78, 5) is 11.4. The van der Waals surface area contributed by atoms with Crippen molar-refractivity contribution in [1.29, 1.82) is 0 Å². The Hall–Kier alpha value is -2.33. The summed E-state index contributed by atoms with van der Waals surface area (Å²) in [5.74, 6) is -1.35. The van der Waals surface area contributed by atoms with Crippen LogP contribution < -0.4 is 0 Å². The molecule has 18 heavy (non-hydrogen) atoms. The Kier molecular flexibility index (Phi) is 3.04. The highest BCUT2D eigenvalue weighted by molar-refractivity contribution is 5.83. The highest BCUT2D eigenvalue weighted by Gasteiger charge is 2.39. The Morgan fingerprint density at radius 3 is 1.89 bits per heavy atom. The number of hydrogen-bond donors (Lipinski definition) is 3. The third-order valence-electron chi connectivity index (χ3n) is 2.79. The second kappa shape index (κ2) is 4.50. The Morgan fingerprint density at radius 2 is 1.39 bits per heavy atom. The lowest BCUT2D eigenvalue weighted by molar-refractivity contribution is -0.155. The molecule has 0 aliphatic carbocycles. The SMILES string of the molecule is O=C(O)C(O)(c1ccccc1)c1ccc(O)cc1. The van der Waals surface area contributed by atoms with Gasteiger partial charge in [0, 0.05) is 0 Å². The summed E-state index contributed by atoms with van der Waals surface area (Å²) in [5.41, 5.74) is -1.66. The predicted molar refractivity (Wildman–Crippen MR) is 65.2 cm³/mol. The maximum absolute atomic E-state index is 11.4. The van der Waals surface area contributed by atoms with Crippen LogP contribution >= 0.6 is 0 Å². The van der Waals surface area contributed by atoms with Gasteiger partial charge >= 0.3 is 5.97 Å². The Morgan fingerprint density at radius 1 is 0.889 bits per heavy atom. The smallest absolute Gasteiger partial charge is 0.345 e. The highest BCUT2D eigenvalue weighted by atomic mass is 16.4. The zero-order valence-corrected chi connectivity index (χ0v) is 9.45. The van der Waals surface area contributed by atoms with Crippen molar-refractivity contribution in [3.05, 3.63) is 65.7 Å². The maximum atomic E-state index is 11.4. The molecule has 4 heteroatoms. The molecule has 0 aliphatic heterocycles. The summed E-state index contributed by atoms with van der Waals surface area (Å²) >= 11 is 0. The highest BCUT2D eigenvalue weighted by Crippen LogP contribution is 2.30. The molecule has 0 aromatic heterocycles. The maximum Gasteiger partial charge on any atom is 0.345 e. The molecule has 0 radical (unpaired) electrons. The topological polar surface area (TPSA) is 77.8 Å². The summed E-state index contributed by atoms with van der Waals surface area (Å²) < 4.78 is 0. The molecule has 4 nitrogen and oxygen atoms in total. The van der Waals surface area contributed by atoms with E-state index in [-0.39, 0.29) is 16.9 Å². The van der Waals surface area contributed by atoms with Gasteiger partial charge in [-0.25, -0.2) is 4.79 Å². The van der Waals surface area contributed by atoms with E-state index in [9.17, 15) is 20.1 Å². The summed E-state index contributed by atoms with van der Waals surface area (Å²) in [5, 5.41) is 28.9. The molecule has 2 aromatic carbocycles. The van der Waals surface area contributed by atoms with Gasteiger partial charge in [0.05, 0.1) is 0 Å². The normalized spacial score (nSPS) is 13.8. The number of carboxylic acids is 1. The van der Waals surface area contributed by atoms with Crippen LogP contribution in [0.15, 0.2) is 54.6 Å². The molecule has 0 saturated carbocycles. The fraction of sp³-hybridized carbons (Fsp3) is 0.0714. The van der Waals surface area contributed by atoms with Gasteiger partial charge in [-0.05, 0) is 23.3 Å². The van der Waals surface area contributed by atoms with Crippen molar-refractivity contribution in [2.45, 2.75) is 5.60 Å². The quantitative estimate of drug-likeness (QED) is 0.768. The van der Waals surface area contributed by atoms with Gasteiger partial charge in [0.25, 0.3) is 0 Å². The number of phenolic OH excluding ortho intramolecular Hbond substituents is 1. The number of rotatable bonds is 3. The van der Waals surface area contributed by atoms with Crippen LogP contribution in [0.3, 0.4) is 0 Å². The minimum atomic E-state index is -2.12. The third-order valence-corrected chi connectivity index (χ3v) is 2.79. The predicted octanol–water partition coefficient (Wildman–Crippen LogP) is 1.71. The first-order valence-corrected chi connectivity index (χ1v) is 5.36. The standard InChI is InChI=1S/C14H12O4/c15-12-8-6-11(7-9-12)14(18,13(16)17)10-4-2-1-3-5-10/h1-9,15,18H,(H,16,17). The second-order valence-corrected chi connectivity index (χ2v) is 3.93. The first-order chi connectivity index (χ1) is 8.55. The first-order valence-electron chi connectivity index (χ1n) is 5.36. The van der Waals surface area contributed by atoms with Crippen molar-refractivity contribution < 1.29 is 20.1 Å². The number of phenols is 1. The van der Waals surface area contributed by atoms with E-state index >= 15 is 0 Å². The molecule has 2 rings (SSSR count). The van der Waals surface area contributed by atoms with Crippen LogP contribution in [0.5, 0.6) is 5.75 Å². The fourth-order valence-electron chi connectivity index (χ4n) is 1.80. The van der Waals surface area contributed by atoms with Crippen LogP contribution in [0, 0.1) is 0 Å². The Labute approximate surface area is 104 Å². The van der Waals surface area contributed by atoms with E-state index in [0.717, 1.165) is 0 Å². The minimum Gasteiger partial charge on any atom is -0.508 e. The van der Waals surface area contributed by atoms with Gasteiger partial charge in [-0.2, -0.15) is 0 Å². The summed E-state index contributed by atoms with van der Waals surface area (Å²) in [6.45, 7) is 0. The van der Waals surface area contributed by atoms with E-state index < -0.39 is 11.6 Å². The molecule has 3 N–H and O–H groups in total. The van der Waals surface area contributed by atoms with E-state index in [0.29, 0.717) is 0 Å². The average Bonchev–Trinajstić information content (AvgIpc) is 2.39. The molecule has 0 fully saturated rings. The molecular weight excluding hydrogens is 232 g/mol. The molecule has 2 aromatic rings. The van der Waals surface area contributed by atoms with Gasteiger partial charge in [0.1, 0.15) is 5.75 Å².